The van der Waals surface area contributed by atoms with Crippen LogP contribution >= 0.6 is 0 Å². The summed E-state index contributed by atoms with van der Waals surface area (Å²) in [4.78, 5) is 10.2. The highest BCUT2D eigenvalue weighted by Gasteiger charge is 2.02. The predicted octanol–water partition coefficient (Wildman–Crippen LogP) is -0.245. The molecule has 0 amide bonds. The van der Waals surface area contributed by atoms with Gasteiger partial charge < -0.3 is 15.2 Å². The van der Waals surface area contributed by atoms with Gasteiger partial charge >= 0.3 is 0 Å². The highest BCUT2D eigenvalue weighted by molar-refractivity contribution is 5.65. The van der Waals surface area contributed by atoms with E-state index in [4.69, 9.17) is 0 Å². The number of carboxylic acids is 1. The third-order valence-corrected chi connectivity index (χ3v) is 2.08. The minimum Gasteiger partial charge on any atom is -0.544 e. The molecule has 3 heteroatoms. The Morgan fingerprint density at radius 1 is 1.50 bits per heavy atom. The van der Waals surface area contributed by atoms with Crippen LogP contribution in [0.5, 0.6) is 0 Å². The van der Waals surface area contributed by atoms with E-state index < -0.39 is 5.97 Å². The molecule has 0 aliphatic carbocycles. The van der Waals surface area contributed by atoms with Crippen molar-refractivity contribution in [1.29, 1.82) is 0 Å². The Kier molecular flexibility index (Phi) is 3.65. The SMILES string of the molecule is CC(C)c1cccc([NH2+]CC(=O)[O-])c1. The largest absolute Gasteiger partial charge is 0.544 e. The van der Waals surface area contributed by atoms with Crippen LogP contribution in [0.2, 0.25) is 0 Å². The molecule has 0 saturated heterocycles. The Morgan fingerprint density at radius 2 is 2.21 bits per heavy atom. The summed E-state index contributed by atoms with van der Waals surface area (Å²) in [6, 6.07) is 7.89. The first-order chi connectivity index (χ1) is 6.59. The zero-order valence-electron chi connectivity index (χ0n) is 8.49. The summed E-state index contributed by atoms with van der Waals surface area (Å²) in [6.45, 7) is 4.19. The van der Waals surface area contributed by atoms with Crippen molar-refractivity contribution in [2.45, 2.75) is 19.8 Å². The van der Waals surface area contributed by atoms with Gasteiger partial charge in [-0.15, -0.1) is 0 Å². The fourth-order valence-electron chi connectivity index (χ4n) is 1.25. The van der Waals surface area contributed by atoms with Gasteiger partial charge in [-0.3, -0.25) is 0 Å². The van der Waals surface area contributed by atoms with Gasteiger partial charge in [0.15, 0.2) is 0 Å². The fourth-order valence-corrected chi connectivity index (χ4v) is 1.25. The van der Waals surface area contributed by atoms with Crippen LogP contribution in [0.25, 0.3) is 0 Å². The van der Waals surface area contributed by atoms with Gasteiger partial charge in [0.05, 0.1) is 5.97 Å². The first-order valence-electron chi connectivity index (χ1n) is 4.72. The van der Waals surface area contributed by atoms with Crippen molar-refractivity contribution in [2.75, 3.05) is 6.54 Å². The monoisotopic (exact) mass is 193 g/mol. The van der Waals surface area contributed by atoms with Crippen LogP contribution in [-0.2, 0) is 4.79 Å². The molecule has 0 atom stereocenters. The molecule has 1 aromatic carbocycles. The van der Waals surface area contributed by atoms with Crippen LogP contribution in [-0.4, -0.2) is 12.5 Å². The molecule has 1 aromatic rings. The molecule has 0 bridgehead atoms. The van der Waals surface area contributed by atoms with Gasteiger partial charge in [0.2, 0.25) is 0 Å². The van der Waals surface area contributed by atoms with Gasteiger partial charge in [0.1, 0.15) is 12.2 Å². The Morgan fingerprint density at radius 3 is 2.79 bits per heavy atom. The first-order valence-corrected chi connectivity index (χ1v) is 4.72. The van der Waals surface area contributed by atoms with E-state index in [1.807, 2.05) is 24.3 Å². The number of carbonyl (C=O) groups is 1. The smallest absolute Gasteiger partial charge is 0.130 e. The van der Waals surface area contributed by atoms with E-state index in [9.17, 15) is 9.90 Å². The van der Waals surface area contributed by atoms with Gasteiger partial charge in [-0.1, -0.05) is 26.0 Å². The van der Waals surface area contributed by atoms with Crippen LogP contribution in [0, 0.1) is 0 Å². The molecule has 0 fully saturated rings. The first kappa shape index (κ1) is 10.7. The van der Waals surface area contributed by atoms with Crippen molar-refractivity contribution < 1.29 is 15.2 Å². The number of hydrogen-bond acceptors (Lipinski definition) is 2. The minimum atomic E-state index is -1.04. The van der Waals surface area contributed by atoms with E-state index >= 15 is 0 Å². The van der Waals surface area contributed by atoms with Gasteiger partial charge in [0, 0.05) is 6.07 Å². The van der Waals surface area contributed by atoms with E-state index in [0.29, 0.717) is 5.92 Å². The Balaban J connectivity index is 2.68. The summed E-state index contributed by atoms with van der Waals surface area (Å²) < 4.78 is 0. The van der Waals surface area contributed by atoms with Gasteiger partial charge in [-0.05, 0) is 17.5 Å². The van der Waals surface area contributed by atoms with E-state index in [1.54, 1.807) is 5.32 Å². The standard InChI is InChI=1S/C11H15NO2/c1-8(2)9-4-3-5-10(6-9)12-7-11(13)14/h3-6,8,12H,7H2,1-2H3,(H,13,14). The fraction of sp³-hybridized carbons (Fsp3) is 0.364. The van der Waals surface area contributed by atoms with Crippen LogP contribution in [0.4, 0.5) is 5.69 Å². The maximum atomic E-state index is 10.2. The molecule has 76 valence electrons. The maximum Gasteiger partial charge on any atom is 0.130 e. The number of quaternary nitrogens is 1. The minimum absolute atomic E-state index is 0.0262. The van der Waals surface area contributed by atoms with E-state index in [2.05, 4.69) is 13.8 Å². The second kappa shape index (κ2) is 4.77. The number of aliphatic carboxylic acids is 1. The number of benzene rings is 1. The van der Waals surface area contributed by atoms with Crippen LogP contribution in [0.3, 0.4) is 0 Å². The summed E-state index contributed by atoms with van der Waals surface area (Å²) in [5.41, 5.74) is 2.16. The van der Waals surface area contributed by atoms with Crippen molar-refractivity contribution in [3.8, 4) is 0 Å². The van der Waals surface area contributed by atoms with Gasteiger partial charge in [-0.25, -0.2) is 0 Å². The number of carbonyl (C=O) groups excluding carboxylic acids is 1. The highest BCUT2D eigenvalue weighted by Crippen LogP contribution is 2.15. The van der Waals surface area contributed by atoms with Crippen molar-refractivity contribution >= 4 is 11.7 Å². The third-order valence-electron chi connectivity index (χ3n) is 2.08. The van der Waals surface area contributed by atoms with Crippen LogP contribution < -0.4 is 10.4 Å². The van der Waals surface area contributed by atoms with E-state index in [0.717, 1.165) is 5.69 Å². The topological polar surface area (TPSA) is 56.7 Å². The molecule has 0 aromatic heterocycles. The molecular weight excluding hydrogens is 178 g/mol. The van der Waals surface area contributed by atoms with Gasteiger partial charge in [0.25, 0.3) is 0 Å². The highest BCUT2D eigenvalue weighted by atomic mass is 16.4. The van der Waals surface area contributed by atoms with E-state index in [1.165, 1.54) is 5.56 Å². The number of carboxylic acid groups (broad SMARTS) is 1. The average molecular weight is 193 g/mol. The molecule has 0 aliphatic heterocycles. The molecule has 0 aliphatic rings. The lowest BCUT2D eigenvalue weighted by molar-refractivity contribution is -0.569. The summed E-state index contributed by atoms with van der Waals surface area (Å²) in [7, 11) is 0. The van der Waals surface area contributed by atoms with Crippen molar-refractivity contribution in [2.24, 2.45) is 0 Å². The molecule has 1 rings (SSSR count). The Labute approximate surface area is 83.8 Å². The predicted molar refractivity (Wildman–Crippen MR) is 52.0 cm³/mol. The summed E-state index contributed by atoms with van der Waals surface area (Å²) in [6.07, 6.45) is 0. The Hall–Kier alpha value is -1.35. The number of nitrogens with two attached hydrogens (primary N) is 1. The molecule has 14 heavy (non-hydrogen) atoms. The average Bonchev–Trinajstić information content (AvgIpc) is 2.15. The summed E-state index contributed by atoms with van der Waals surface area (Å²) in [5, 5.41) is 11.9. The van der Waals surface area contributed by atoms with Crippen molar-refractivity contribution in [1.82, 2.24) is 0 Å². The zero-order chi connectivity index (χ0) is 10.6. The lowest BCUT2D eigenvalue weighted by Gasteiger charge is -2.06. The molecule has 2 N–H and O–H groups in total. The second-order valence-electron chi connectivity index (χ2n) is 3.61. The third kappa shape index (κ3) is 3.18. The van der Waals surface area contributed by atoms with E-state index in [-0.39, 0.29) is 6.54 Å². The Bertz CT molecular complexity index is 321. The molecule has 3 nitrogen and oxygen atoms in total. The molecule has 0 unspecified atom stereocenters. The molecule has 0 heterocycles. The molecular formula is C11H15NO2. The number of hydrogen-bond donors (Lipinski definition) is 1. The normalized spacial score (nSPS) is 10.5. The second-order valence-corrected chi connectivity index (χ2v) is 3.61. The summed E-state index contributed by atoms with van der Waals surface area (Å²) in [5.74, 6) is -0.578. The van der Waals surface area contributed by atoms with Crippen LogP contribution in [0.15, 0.2) is 24.3 Å². The van der Waals surface area contributed by atoms with Gasteiger partial charge in [-0.2, -0.15) is 0 Å². The summed E-state index contributed by atoms with van der Waals surface area (Å²) >= 11 is 0. The van der Waals surface area contributed by atoms with Crippen LogP contribution in [0.1, 0.15) is 25.3 Å². The number of rotatable bonds is 4. The lowest BCUT2D eigenvalue weighted by atomic mass is 10.0. The molecule has 0 spiro atoms. The molecule has 0 saturated carbocycles. The zero-order valence-corrected chi connectivity index (χ0v) is 8.49. The maximum absolute atomic E-state index is 10.2. The van der Waals surface area contributed by atoms with Crippen molar-refractivity contribution in [3.05, 3.63) is 29.8 Å². The quantitative estimate of drug-likeness (QED) is 0.671. The molecule has 0 radical (unpaired) electrons. The lowest BCUT2D eigenvalue weighted by Crippen LogP contribution is -2.81. The van der Waals surface area contributed by atoms with Crippen molar-refractivity contribution in [3.63, 3.8) is 0 Å².